The van der Waals surface area contributed by atoms with Gasteiger partial charge in [-0.15, -0.1) is 0 Å². The fourth-order valence-corrected chi connectivity index (χ4v) is 1.70. The molecule has 0 fully saturated rings. The van der Waals surface area contributed by atoms with Gasteiger partial charge in [-0.05, 0) is 33.6 Å². The zero-order valence-corrected chi connectivity index (χ0v) is 11.5. The molecule has 1 aromatic rings. The van der Waals surface area contributed by atoms with E-state index >= 15 is 0 Å². The molecule has 0 aliphatic heterocycles. The number of halogens is 2. The zero-order valence-electron chi connectivity index (χ0n) is 9.93. The summed E-state index contributed by atoms with van der Waals surface area (Å²) in [5.41, 5.74) is 0.660. The monoisotopic (exact) mass is 331 g/mol. The molecule has 0 spiro atoms. The van der Waals surface area contributed by atoms with Crippen LogP contribution in [-0.4, -0.2) is 34.0 Å². The second kappa shape index (κ2) is 6.33. The lowest BCUT2D eigenvalue weighted by atomic mass is 10.2. The van der Waals surface area contributed by atoms with E-state index in [1.54, 1.807) is 0 Å². The van der Waals surface area contributed by atoms with E-state index in [-0.39, 0.29) is 11.0 Å². The highest BCUT2D eigenvalue weighted by Crippen LogP contribution is 2.17. The SMILES string of the molecule is CN(Cc1ccc(F)c(Br)c1)C(=O)C=C(O)C(=O)O. The third kappa shape index (κ3) is 4.36. The number of carboxylic acid groups (broad SMARTS) is 1. The number of benzene rings is 1. The number of rotatable bonds is 4. The molecule has 0 heterocycles. The maximum absolute atomic E-state index is 13.0. The van der Waals surface area contributed by atoms with Crippen LogP contribution in [0.25, 0.3) is 0 Å². The van der Waals surface area contributed by atoms with Crippen molar-refractivity contribution in [2.75, 3.05) is 7.05 Å². The van der Waals surface area contributed by atoms with Crippen molar-refractivity contribution < 1.29 is 24.2 Å². The number of carbonyl (C=O) groups excluding carboxylic acids is 1. The fourth-order valence-electron chi connectivity index (χ4n) is 1.28. The summed E-state index contributed by atoms with van der Waals surface area (Å²) in [6.45, 7) is 0.154. The predicted molar refractivity (Wildman–Crippen MR) is 68.9 cm³/mol. The molecule has 7 heteroatoms. The molecule has 0 aromatic heterocycles. The number of hydrogen-bond donors (Lipinski definition) is 2. The standard InChI is InChI=1S/C12H11BrFNO4/c1-15(11(17)5-10(16)12(18)19)6-7-2-3-9(14)8(13)4-7/h2-5,16H,6H2,1H3,(H,18,19). The Morgan fingerprint density at radius 2 is 2.05 bits per heavy atom. The quantitative estimate of drug-likeness (QED) is 0.654. The highest BCUT2D eigenvalue weighted by molar-refractivity contribution is 9.10. The molecule has 1 amide bonds. The van der Waals surface area contributed by atoms with E-state index in [4.69, 9.17) is 10.2 Å². The van der Waals surface area contributed by atoms with E-state index in [9.17, 15) is 14.0 Å². The Morgan fingerprint density at radius 1 is 1.42 bits per heavy atom. The number of carbonyl (C=O) groups is 2. The first-order chi connectivity index (χ1) is 8.81. The second-order valence-electron chi connectivity index (χ2n) is 3.78. The largest absolute Gasteiger partial charge is 0.502 e. The van der Waals surface area contributed by atoms with Gasteiger partial charge in [-0.25, -0.2) is 9.18 Å². The van der Waals surface area contributed by atoms with E-state index in [1.165, 1.54) is 30.1 Å². The lowest BCUT2D eigenvalue weighted by Crippen LogP contribution is -2.25. The molecule has 0 aliphatic rings. The second-order valence-corrected chi connectivity index (χ2v) is 4.63. The molecule has 102 valence electrons. The van der Waals surface area contributed by atoms with Crippen LogP contribution in [0.4, 0.5) is 4.39 Å². The number of aliphatic hydroxyl groups excluding tert-OH is 1. The summed E-state index contributed by atoms with van der Waals surface area (Å²) in [5, 5.41) is 17.4. The summed E-state index contributed by atoms with van der Waals surface area (Å²) in [6.07, 6.45) is 0.612. The smallest absolute Gasteiger partial charge is 0.371 e. The first kappa shape index (κ1) is 15.2. The minimum Gasteiger partial charge on any atom is -0.502 e. The normalized spacial score (nSPS) is 11.2. The van der Waals surface area contributed by atoms with Crippen molar-refractivity contribution in [3.8, 4) is 0 Å². The van der Waals surface area contributed by atoms with Gasteiger partial charge in [-0.1, -0.05) is 6.07 Å². The van der Waals surface area contributed by atoms with Crippen molar-refractivity contribution in [3.63, 3.8) is 0 Å². The number of amides is 1. The van der Waals surface area contributed by atoms with Crippen LogP contribution in [0.3, 0.4) is 0 Å². The van der Waals surface area contributed by atoms with Crippen LogP contribution in [0, 0.1) is 5.82 Å². The van der Waals surface area contributed by atoms with Gasteiger partial charge in [0.25, 0.3) is 5.91 Å². The molecule has 0 saturated heterocycles. The van der Waals surface area contributed by atoms with Crippen LogP contribution < -0.4 is 0 Å². The van der Waals surface area contributed by atoms with Crippen LogP contribution in [0.15, 0.2) is 34.5 Å². The summed E-state index contributed by atoms with van der Waals surface area (Å²) in [5.74, 6) is -3.69. The van der Waals surface area contributed by atoms with E-state index in [1.807, 2.05) is 0 Å². The van der Waals surface area contributed by atoms with Crippen molar-refractivity contribution in [3.05, 3.63) is 45.9 Å². The van der Waals surface area contributed by atoms with Crippen LogP contribution in [0.1, 0.15) is 5.56 Å². The van der Waals surface area contributed by atoms with E-state index in [2.05, 4.69) is 15.9 Å². The fraction of sp³-hybridized carbons (Fsp3) is 0.167. The molecule has 0 bridgehead atoms. The number of carboxylic acids is 1. The molecule has 1 aromatic carbocycles. The molecule has 0 radical (unpaired) electrons. The highest BCUT2D eigenvalue weighted by atomic mass is 79.9. The average Bonchev–Trinajstić information content (AvgIpc) is 2.33. The van der Waals surface area contributed by atoms with Gasteiger partial charge in [0.05, 0.1) is 10.5 Å². The first-order valence-corrected chi connectivity index (χ1v) is 5.93. The van der Waals surface area contributed by atoms with Gasteiger partial charge >= 0.3 is 5.97 Å². The van der Waals surface area contributed by atoms with Gasteiger partial charge in [0.15, 0.2) is 0 Å². The minimum atomic E-state index is -1.58. The Hall–Kier alpha value is -1.89. The van der Waals surface area contributed by atoms with E-state index in [0.29, 0.717) is 11.6 Å². The predicted octanol–water partition coefficient (Wildman–Crippen LogP) is 2.07. The van der Waals surface area contributed by atoms with Crippen LogP contribution in [0.5, 0.6) is 0 Å². The van der Waals surface area contributed by atoms with Gasteiger partial charge in [-0.2, -0.15) is 0 Å². The van der Waals surface area contributed by atoms with Crippen LogP contribution in [0.2, 0.25) is 0 Å². The van der Waals surface area contributed by atoms with Gasteiger partial charge in [0, 0.05) is 13.6 Å². The maximum Gasteiger partial charge on any atom is 0.371 e. The Bertz CT molecular complexity index is 545. The summed E-state index contributed by atoms with van der Waals surface area (Å²) in [7, 11) is 1.44. The maximum atomic E-state index is 13.0. The molecule has 0 unspecified atom stereocenters. The van der Waals surface area contributed by atoms with Crippen molar-refractivity contribution in [2.24, 2.45) is 0 Å². The molecular formula is C12H11BrFNO4. The molecule has 0 atom stereocenters. The molecule has 19 heavy (non-hydrogen) atoms. The summed E-state index contributed by atoms with van der Waals surface area (Å²) in [4.78, 5) is 23.1. The lowest BCUT2D eigenvalue weighted by molar-refractivity contribution is -0.136. The van der Waals surface area contributed by atoms with Crippen LogP contribution >= 0.6 is 15.9 Å². The van der Waals surface area contributed by atoms with E-state index < -0.39 is 23.5 Å². The Balaban J connectivity index is 2.76. The van der Waals surface area contributed by atoms with Gasteiger partial charge in [-0.3, -0.25) is 4.79 Å². The Labute approximate surface area is 117 Å². The Morgan fingerprint density at radius 3 is 2.58 bits per heavy atom. The third-order valence-corrected chi connectivity index (χ3v) is 2.87. The van der Waals surface area contributed by atoms with Gasteiger partial charge in [0.1, 0.15) is 5.82 Å². The Kier molecular flexibility index (Phi) is 5.05. The number of aliphatic carboxylic acids is 1. The summed E-state index contributed by atoms with van der Waals surface area (Å²) in [6, 6.07) is 4.27. The lowest BCUT2D eigenvalue weighted by Gasteiger charge is -2.15. The number of likely N-dealkylation sites (N-methyl/N-ethyl adjacent to an activating group) is 1. The summed E-state index contributed by atoms with van der Waals surface area (Å²) < 4.78 is 13.3. The third-order valence-electron chi connectivity index (χ3n) is 2.26. The minimum absolute atomic E-state index is 0.154. The van der Waals surface area contributed by atoms with Crippen molar-refractivity contribution in [2.45, 2.75) is 6.54 Å². The molecule has 2 N–H and O–H groups in total. The first-order valence-electron chi connectivity index (χ1n) is 5.14. The highest BCUT2D eigenvalue weighted by Gasteiger charge is 2.12. The number of nitrogens with zero attached hydrogens (tertiary/aromatic N) is 1. The van der Waals surface area contributed by atoms with Gasteiger partial charge in [0.2, 0.25) is 5.76 Å². The topological polar surface area (TPSA) is 77.8 Å². The zero-order chi connectivity index (χ0) is 14.6. The summed E-state index contributed by atoms with van der Waals surface area (Å²) >= 11 is 3.02. The average molecular weight is 332 g/mol. The molecule has 5 nitrogen and oxygen atoms in total. The van der Waals surface area contributed by atoms with Gasteiger partial charge < -0.3 is 15.1 Å². The molecule has 0 aliphatic carbocycles. The molecule has 0 saturated carbocycles. The van der Waals surface area contributed by atoms with Crippen molar-refractivity contribution >= 4 is 27.8 Å². The number of hydrogen-bond acceptors (Lipinski definition) is 3. The van der Waals surface area contributed by atoms with E-state index in [0.717, 1.165) is 0 Å². The van der Waals surface area contributed by atoms with Crippen molar-refractivity contribution in [1.82, 2.24) is 4.90 Å². The van der Waals surface area contributed by atoms with Crippen molar-refractivity contribution in [1.29, 1.82) is 0 Å². The number of aliphatic hydroxyl groups is 1. The van der Waals surface area contributed by atoms with Crippen LogP contribution in [-0.2, 0) is 16.1 Å². The molecular weight excluding hydrogens is 321 g/mol. The molecule has 1 rings (SSSR count).